The van der Waals surface area contributed by atoms with Gasteiger partial charge in [-0.3, -0.25) is 0 Å². The highest BCUT2D eigenvalue weighted by molar-refractivity contribution is 5.70. The maximum absolute atomic E-state index is 10.7. The molecule has 6 nitrogen and oxygen atoms in total. The van der Waals surface area contributed by atoms with E-state index < -0.39 is 4.92 Å². The Hall–Kier alpha value is -2.94. The van der Waals surface area contributed by atoms with Gasteiger partial charge in [-0.05, 0) is 22.6 Å². The molecule has 6 heteroatoms. The first-order valence-corrected chi connectivity index (χ1v) is 5.47. The molecule has 0 amide bonds. The second kappa shape index (κ2) is 5.14. The first-order valence-electron chi connectivity index (χ1n) is 5.47. The van der Waals surface area contributed by atoms with Crippen LogP contribution in [0.15, 0.2) is 30.5 Å². The molecule has 0 N–H and O–H groups in total. The van der Waals surface area contributed by atoms with E-state index in [1.54, 1.807) is 37.4 Å². The van der Waals surface area contributed by atoms with Crippen molar-refractivity contribution in [3.63, 3.8) is 0 Å². The van der Waals surface area contributed by atoms with Crippen molar-refractivity contribution in [3.8, 4) is 6.07 Å². The van der Waals surface area contributed by atoms with Crippen LogP contribution in [0.1, 0.15) is 17.0 Å². The molecule has 1 heterocycles. The molecule has 2 rings (SSSR count). The maximum Gasteiger partial charge on any atom is 0.342 e. The molecule has 0 fully saturated rings. The summed E-state index contributed by atoms with van der Waals surface area (Å²) in [5.74, 6) is 0.382. The molecule has 0 aliphatic heterocycles. The van der Waals surface area contributed by atoms with E-state index in [9.17, 15) is 10.1 Å². The van der Waals surface area contributed by atoms with Crippen LogP contribution in [0.4, 0.5) is 5.82 Å². The fraction of sp³-hybridized carbons (Fsp3) is 0.0769. The van der Waals surface area contributed by atoms with Gasteiger partial charge in [0.15, 0.2) is 0 Å². The molecule has 0 aliphatic carbocycles. The van der Waals surface area contributed by atoms with Gasteiger partial charge in [-0.15, -0.1) is 0 Å². The second-order valence-corrected chi connectivity index (χ2v) is 3.82. The van der Waals surface area contributed by atoms with Crippen molar-refractivity contribution in [1.82, 2.24) is 9.55 Å². The summed E-state index contributed by atoms with van der Waals surface area (Å²) < 4.78 is 1.38. The number of imidazole rings is 1. The van der Waals surface area contributed by atoms with Gasteiger partial charge in [0.25, 0.3) is 0 Å². The Balaban J connectivity index is 2.34. The van der Waals surface area contributed by atoms with Crippen LogP contribution in [0.3, 0.4) is 0 Å². The van der Waals surface area contributed by atoms with Crippen LogP contribution in [0.5, 0.6) is 0 Å². The van der Waals surface area contributed by atoms with Gasteiger partial charge >= 0.3 is 5.82 Å². The molecule has 0 atom stereocenters. The highest BCUT2D eigenvalue weighted by Gasteiger charge is 2.13. The minimum Gasteiger partial charge on any atom is -0.358 e. The number of nitriles is 1. The van der Waals surface area contributed by atoms with Crippen molar-refractivity contribution in [2.24, 2.45) is 7.05 Å². The Morgan fingerprint density at radius 1 is 1.42 bits per heavy atom. The summed E-state index contributed by atoms with van der Waals surface area (Å²) >= 11 is 0. The molecular formula is C13H10N4O2. The van der Waals surface area contributed by atoms with E-state index in [1.807, 2.05) is 6.07 Å². The van der Waals surface area contributed by atoms with Crippen molar-refractivity contribution < 1.29 is 4.92 Å². The van der Waals surface area contributed by atoms with E-state index in [0.717, 1.165) is 5.56 Å². The number of nitro groups is 1. The van der Waals surface area contributed by atoms with Crippen molar-refractivity contribution in [2.45, 2.75) is 0 Å². The minimum atomic E-state index is -0.492. The van der Waals surface area contributed by atoms with Crippen molar-refractivity contribution in [2.75, 3.05) is 0 Å². The summed E-state index contributed by atoms with van der Waals surface area (Å²) in [5, 5.41) is 19.6. The Labute approximate surface area is 109 Å². The molecule has 0 saturated heterocycles. The molecule has 0 aliphatic rings. The van der Waals surface area contributed by atoms with Crippen LogP contribution < -0.4 is 0 Å². The molecule has 19 heavy (non-hydrogen) atoms. The van der Waals surface area contributed by atoms with Crippen LogP contribution >= 0.6 is 0 Å². The molecule has 1 aromatic heterocycles. The monoisotopic (exact) mass is 254 g/mol. The maximum atomic E-state index is 10.7. The number of nitrogens with zero attached hydrogens (tertiary/aromatic N) is 4. The molecule has 0 radical (unpaired) electrons. The lowest BCUT2D eigenvalue weighted by Crippen LogP contribution is -1.98. The van der Waals surface area contributed by atoms with Crippen molar-refractivity contribution in [3.05, 3.63) is 57.5 Å². The Bertz CT molecular complexity index is 695. The van der Waals surface area contributed by atoms with Crippen LogP contribution in [0, 0.1) is 21.4 Å². The van der Waals surface area contributed by atoms with Gasteiger partial charge in [-0.1, -0.05) is 18.2 Å². The van der Waals surface area contributed by atoms with E-state index in [2.05, 4.69) is 11.1 Å². The van der Waals surface area contributed by atoms with E-state index in [4.69, 9.17) is 5.26 Å². The first-order chi connectivity index (χ1) is 9.13. The fourth-order valence-corrected chi connectivity index (χ4v) is 1.65. The molecule has 94 valence electrons. The smallest absolute Gasteiger partial charge is 0.342 e. The molecule has 0 bridgehead atoms. The van der Waals surface area contributed by atoms with Crippen LogP contribution in [-0.4, -0.2) is 14.5 Å². The normalized spacial score (nSPS) is 10.5. The Kier molecular flexibility index (Phi) is 3.39. The first kappa shape index (κ1) is 12.5. The summed E-state index contributed by atoms with van der Waals surface area (Å²) in [4.78, 5) is 14.2. The molecule has 0 saturated carbocycles. The number of benzene rings is 1. The predicted molar refractivity (Wildman–Crippen MR) is 69.9 cm³/mol. The third-order valence-electron chi connectivity index (χ3n) is 2.68. The van der Waals surface area contributed by atoms with Crippen molar-refractivity contribution >= 4 is 18.0 Å². The zero-order valence-corrected chi connectivity index (χ0v) is 10.1. The molecule has 1 aromatic carbocycles. The van der Waals surface area contributed by atoms with Crippen LogP contribution in [0.2, 0.25) is 0 Å². The predicted octanol–water partition coefficient (Wildman–Crippen LogP) is 2.37. The van der Waals surface area contributed by atoms with E-state index >= 15 is 0 Å². The third kappa shape index (κ3) is 2.50. The summed E-state index contributed by atoms with van der Waals surface area (Å²) in [5.41, 5.74) is 1.29. The summed E-state index contributed by atoms with van der Waals surface area (Å²) in [6.45, 7) is 0. The van der Waals surface area contributed by atoms with Gasteiger partial charge in [-0.2, -0.15) is 5.26 Å². The van der Waals surface area contributed by atoms with E-state index in [-0.39, 0.29) is 5.82 Å². The van der Waals surface area contributed by atoms with E-state index in [1.165, 1.54) is 10.8 Å². The quantitative estimate of drug-likeness (QED) is 0.621. The Morgan fingerprint density at radius 3 is 2.79 bits per heavy atom. The number of hydrogen-bond acceptors (Lipinski definition) is 4. The summed E-state index contributed by atoms with van der Waals surface area (Å²) in [6.07, 6.45) is 4.56. The number of hydrogen-bond donors (Lipinski definition) is 0. The minimum absolute atomic E-state index is 0.0757. The second-order valence-electron chi connectivity index (χ2n) is 3.82. The topological polar surface area (TPSA) is 84.8 Å². The summed E-state index contributed by atoms with van der Waals surface area (Å²) in [7, 11) is 1.57. The lowest BCUT2D eigenvalue weighted by atomic mass is 10.1. The fourth-order valence-electron chi connectivity index (χ4n) is 1.65. The Morgan fingerprint density at radius 2 is 2.16 bits per heavy atom. The van der Waals surface area contributed by atoms with Gasteiger partial charge in [0.1, 0.15) is 6.20 Å². The highest BCUT2D eigenvalue weighted by atomic mass is 16.6. The lowest BCUT2D eigenvalue weighted by Gasteiger charge is -1.96. The molecular weight excluding hydrogens is 244 g/mol. The third-order valence-corrected chi connectivity index (χ3v) is 2.68. The van der Waals surface area contributed by atoms with Gasteiger partial charge in [-0.25, -0.2) is 9.55 Å². The summed E-state index contributed by atoms with van der Waals surface area (Å²) in [6, 6.07) is 9.19. The zero-order chi connectivity index (χ0) is 13.8. The van der Waals surface area contributed by atoms with Crippen molar-refractivity contribution in [1.29, 1.82) is 5.26 Å². The zero-order valence-electron chi connectivity index (χ0n) is 10.1. The van der Waals surface area contributed by atoms with Gasteiger partial charge in [0.2, 0.25) is 5.82 Å². The molecule has 0 unspecified atom stereocenters. The molecule has 0 spiro atoms. The van der Waals surface area contributed by atoms with E-state index in [0.29, 0.717) is 11.4 Å². The lowest BCUT2D eigenvalue weighted by molar-refractivity contribution is -0.391. The molecule has 2 aromatic rings. The van der Waals surface area contributed by atoms with Crippen LogP contribution in [-0.2, 0) is 7.05 Å². The largest absolute Gasteiger partial charge is 0.358 e. The SMILES string of the molecule is Cn1c([N+](=O)[O-])cnc1C=Cc1ccccc1C#N. The van der Waals surface area contributed by atoms with Crippen LogP contribution in [0.25, 0.3) is 12.2 Å². The number of rotatable bonds is 3. The number of aromatic nitrogens is 2. The average molecular weight is 254 g/mol. The average Bonchev–Trinajstić information content (AvgIpc) is 2.78. The van der Waals surface area contributed by atoms with Gasteiger partial charge < -0.3 is 10.1 Å². The highest BCUT2D eigenvalue weighted by Crippen LogP contribution is 2.15. The van der Waals surface area contributed by atoms with Gasteiger partial charge in [0.05, 0.1) is 18.7 Å². The van der Waals surface area contributed by atoms with Gasteiger partial charge in [0, 0.05) is 6.08 Å². The standard InChI is InChI=1S/C13H10N4O2/c1-16-12(15-9-13(16)17(18)19)7-6-10-4-2-3-5-11(10)8-14/h2-7,9H,1H3.